The number of carbonyl (C=O) groups excluding carboxylic acids is 1. The first-order valence-corrected chi connectivity index (χ1v) is 4.86. The van der Waals surface area contributed by atoms with Gasteiger partial charge in [0.05, 0.1) is 19.1 Å². The van der Waals surface area contributed by atoms with Gasteiger partial charge in [-0.1, -0.05) is 6.92 Å². The standard InChI is InChI=1S/C10H19NO4/c1-5-11(6-8(12)15-4)7-10(2,3)9(13)14/h5-7H2,1-4H3,(H,13,14). The Bertz CT molecular complexity index is 238. The Balaban J connectivity index is 4.33. The number of carboxylic acids is 1. The van der Waals surface area contributed by atoms with Crippen molar-refractivity contribution in [3.05, 3.63) is 0 Å². The summed E-state index contributed by atoms with van der Waals surface area (Å²) in [5.74, 6) is -1.22. The largest absolute Gasteiger partial charge is 0.481 e. The molecule has 0 aromatic rings. The molecule has 15 heavy (non-hydrogen) atoms. The maximum atomic E-state index is 11.0. The molecule has 0 aromatic carbocycles. The number of carboxylic acid groups (broad SMARTS) is 1. The Morgan fingerprint density at radius 1 is 1.40 bits per heavy atom. The van der Waals surface area contributed by atoms with Crippen molar-refractivity contribution >= 4 is 11.9 Å². The van der Waals surface area contributed by atoms with Crippen LogP contribution in [0, 0.1) is 5.41 Å². The van der Waals surface area contributed by atoms with Crippen LogP contribution in [0.1, 0.15) is 20.8 Å². The first-order valence-electron chi connectivity index (χ1n) is 4.86. The molecule has 88 valence electrons. The molecule has 0 bridgehead atoms. The lowest BCUT2D eigenvalue weighted by Gasteiger charge is -2.27. The van der Waals surface area contributed by atoms with Crippen LogP contribution in [0.4, 0.5) is 0 Å². The van der Waals surface area contributed by atoms with E-state index in [9.17, 15) is 9.59 Å². The highest BCUT2D eigenvalue weighted by Gasteiger charge is 2.29. The van der Waals surface area contributed by atoms with Gasteiger partial charge in [-0.05, 0) is 20.4 Å². The van der Waals surface area contributed by atoms with Gasteiger partial charge in [-0.15, -0.1) is 0 Å². The van der Waals surface area contributed by atoms with Crippen molar-refractivity contribution in [1.29, 1.82) is 0 Å². The van der Waals surface area contributed by atoms with Crippen LogP contribution in [0.15, 0.2) is 0 Å². The Hall–Kier alpha value is -1.10. The van der Waals surface area contributed by atoms with Crippen LogP contribution >= 0.6 is 0 Å². The molecule has 0 aromatic heterocycles. The number of ether oxygens (including phenoxy) is 1. The van der Waals surface area contributed by atoms with Gasteiger partial charge in [-0.2, -0.15) is 0 Å². The molecule has 0 fully saturated rings. The number of hydrogen-bond acceptors (Lipinski definition) is 4. The quantitative estimate of drug-likeness (QED) is 0.660. The fourth-order valence-electron chi connectivity index (χ4n) is 1.15. The van der Waals surface area contributed by atoms with Gasteiger partial charge in [0.25, 0.3) is 0 Å². The summed E-state index contributed by atoms with van der Waals surface area (Å²) >= 11 is 0. The third-order valence-electron chi connectivity index (χ3n) is 2.23. The molecule has 0 radical (unpaired) electrons. The molecule has 5 heteroatoms. The summed E-state index contributed by atoms with van der Waals surface area (Å²) in [6.07, 6.45) is 0. The second-order valence-electron chi connectivity index (χ2n) is 4.07. The number of carbonyl (C=O) groups is 2. The minimum atomic E-state index is -0.870. The molecule has 0 amide bonds. The van der Waals surface area contributed by atoms with Gasteiger partial charge >= 0.3 is 11.9 Å². The molecule has 0 saturated heterocycles. The van der Waals surface area contributed by atoms with Crippen molar-refractivity contribution < 1.29 is 19.4 Å². The molecule has 0 heterocycles. The van der Waals surface area contributed by atoms with Crippen molar-refractivity contribution in [3.63, 3.8) is 0 Å². The second-order valence-corrected chi connectivity index (χ2v) is 4.07. The number of aliphatic carboxylic acids is 1. The minimum absolute atomic E-state index is 0.129. The molecule has 0 aliphatic rings. The van der Waals surface area contributed by atoms with Crippen molar-refractivity contribution in [2.75, 3.05) is 26.7 Å². The molecule has 0 unspecified atom stereocenters. The summed E-state index contributed by atoms with van der Waals surface area (Å²) < 4.78 is 4.53. The third-order valence-corrected chi connectivity index (χ3v) is 2.23. The molecule has 0 atom stereocenters. The number of rotatable bonds is 6. The third kappa shape index (κ3) is 4.78. The van der Waals surface area contributed by atoms with Gasteiger partial charge in [-0.3, -0.25) is 14.5 Å². The van der Waals surface area contributed by atoms with E-state index < -0.39 is 11.4 Å². The van der Waals surface area contributed by atoms with Gasteiger partial charge in [0.15, 0.2) is 0 Å². The summed E-state index contributed by atoms with van der Waals surface area (Å²) in [7, 11) is 1.32. The zero-order valence-electron chi connectivity index (χ0n) is 9.74. The summed E-state index contributed by atoms with van der Waals surface area (Å²) in [4.78, 5) is 23.7. The molecular weight excluding hydrogens is 198 g/mol. The molecule has 5 nitrogen and oxygen atoms in total. The minimum Gasteiger partial charge on any atom is -0.481 e. The molecule has 0 aliphatic carbocycles. The topological polar surface area (TPSA) is 66.8 Å². The molecule has 0 spiro atoms. The highest BCUT2D eigenvalue weighted by Crippen LogP contribution is 2.16. The molecule has 0 saturated carbocycles. The van der Waals surface area contributed by atoms with E-state index in [2.05, 4.69) is 4.74 Å². The Labute approximate surface area is 90.0 Å². The molecule has 1 N–H and O–H groups in total. The number of methoxy groups -OCH3 is 1. The van der Waals surface area contributed by atoms with Gasteiger partial charge in [0.2, 0.25) is 0 Å². The Morgan fingerprint density at radius 2 is 1.93 bits per heavy atom. The maximum absolute atomic E-state index is 11.0. The van der Waals surface area contributed by atoms with E-state index in [0.717, 1.165) is 0 Å². The van der Waals surface area contributed by atoms with E-state index in [-0.39, 0.29) is 12.5 Å². The van der Waals surface area contributed by atoms with E-state index in [1.807, 2.05) is 6.92 Å². The van der Waals surface area contributed by atoms with Crippen LogP contribution in [0.25, 0.3) is 0 Å². The van der Waals surface area contributed by atoms with Crippen LogP contribution < -0.4 is 0 Å². The normalized spacial score (nSPS) is 11.5. The zero-order chi connectivity index (χ0) is 12.1. The van der Waals surface area contributed by atoms with Crippen LogP contribution in [0.5, 0.6) is 0 Å². The first-order chi connectivity index (χ1) is 6.83. The van der Waals surface area contributed by atoms with Crippen LogP contribution in [0.2, 0.25) is 0 Å². The van der Waals surface area contributed by atoms with Crippen LogP contribution in [0.3, 0.4) is 0 Å². The first kappa shape index (κ1) is 13.9. The second kappa shape index (κ2) is 5.70. The monoisotopic (exact) mass is 217 g/mol. The predicted molar refractivity (Wildman–Crippen MR) is 55.5 cm³/mol. The summed E-state index contributed by atoms with van der Waals surface area (Å²) in [5.41, 5.74) is -0.857. The van der Waals surface area contributed by atoms with Crippen molar-refractivity contribution in [2.45, 2.75) is 20.8 Å². The number of nitrogens with zero attached hydrogens (tertiary/aromatic N) is 1. The van der Waals surface area contributed by atoms with E-state index >= 15 is 0 Å². The lowest BCUT2D eigenvalue weighted by Crippen LogP contribution is -2.41. The van der Waals surface area contributed by atoms with Gasteiger partial charge in [-0.25, -0.2) is 0 Å². The lowest BCUT2D eigenvalue weighted by molar-refractivity contribution is -0.150. The number of esters is 1. The summed E-state index contributed by atoms with van der Waals surface area (Å²) in [6.45, 7) is 6.22. The predicted octanol–water partition coefficient (Wildman–Crippen LogP) is 0.592. The van der Waals surface area contributed by atoms with Crippen LogP contribution in [-0.4, -0.2) is 48.7 Å². The fraction of sp³-hybridized carbons (Fsp3) is 0.800. The van der Waals surface area contributed by atoms with Gasteiger partial charge in [0, 0.05) is 6.54 Å². The lowest BCUT2D eigenvalue weighted by atomic mass is 9.93. The maximum Gasteiger partial charge on any atom is 0.319 e. The fourth-order valence-corrected chi connectivity index (χ4v) is 1.15. The Kier molecular flexibility index (Phi) is 5.28. The average Bonchev–Trinajstić information content (AvgIpc) is 2.15. The van der Waals surface area contributed by atoms with Crippen molar-refractivity contribution in [1.82, 2.24) is 4.90 Å². The average molecular weight is 217 g/mol. The SMILES string of the molecule is CCN(CC(=O)OC)CC(C)(C)C(=O)O. The van der Waals surface area contributed by atoms with Gasteiger partial charge < -0.3 is 9.84 Å². The van der Waals surface area contributed by atoms with Gasteiger partial charge in [0.1, 0.15) is 0 Å². The van der Waals surface area contributed by atoms with E-state index in [0.29, 0.717) is 13.1 Å². The van der Waals surface area contributed by atoms with Crippen LogP contribution in [-0.2, 0) is 14.3 Å². The summed E-state index contributed by atoms with van der Waals surface area (Å²) in [5, 5.41) is 8.93. The smallest absolute Gasteiger partial charge is 0.319 e. The highest BCUT2D eigenvalue weighted by molar-refractivity contribution is 5.74. The van der Waals surface area contributed by atoms with Crippen molar-refractivity contribution in [3.8, 4) is 0 Å². The molecule has 0 rings (SSSR count). The number of likely N-dealkylation sites (N-methyl/N-ethyl adjacent to an activating group) is 1. The van der Waals surface area contributed by atoms with E-state index in [1.54, 1.807) is 18.7 Å². The van der Waals surface area contributed by atoms with Crippen molar-refractivity contribution in [2.24, 2.45) is 5.41 Å². The molecule has 0 aliphatic heterocycles. The highest BCUT2D eigenvalue weighted by atomic mass is 16.5. The van der Waals surface area contributed by atoms with E-state index in [4.69, 9.17) is 5.11 Å². The molecular formula is C10H19NO4. The number of hydrogen-bond donors (Lipinski definition) is 1. The van der Waals surface area contributed by atoms with E-state index in [1.165, 1.54) is 7.11 Å². The summed E-state index contributed by atoms with van der Waals surface area (Å²) in [6, 6.07) is 0. The zero-order valence-corrected chi connectivity index (χ0v) is 9.74. The Morgan fingerprint density at radius 3 is 2.27 bits per heavy atom.